The molecule has 86 valence electrons. The maximum absolute atomic E-state index is 11.7. The molecule has 0 heterocycles. The maximum Gasteiger partial charge on any atom is 0.159 e. The Bertz CT molecular complexity index is 368. The minimum Gasteiger partial charge on any atom is -0.302 e. The van der Waals surface area contributed by atoms with E-state index >= 15 is 0 Å². The van der Waals surface area contributed by atoms with Crippen LogP contribution in [-0.2, 0) is 4.79 Å². The molecule has 1 atom stereocenters. The van der Waals surface area contributed by atoms with Crippen LogP contribution in [0.15, 0.2) is 42.5 Å². The van der Waals surface area contributed by atoms with Gasteiger partial charge in [0.15, 0.2) is 5.78 Å². The van der Waals surface area contributed by atoms with Crippen LogP contribution in [0.3, 0.4) is 0 Å². The average Bonchev–Trinajstić information content (AvgIpc) is 2.26. The van der Waals surface area contributed by atoms with E-state index in [0.29, 0.717) is 12.0 Å². The van der Waals surface area contributed by atoms with Gasteiger partial charge in [-0.25, -0.2) is 0 Å². The molecule has 0 amide bonds. The third kappa shape index (κ3) is 3.31. The Morgan fingerprint density at radius 3 is 2.31 bits per heavy atom. The third-order valence-electron chi connectivity index (χ3n) is 2.66. The van der Waals surface area contributed by atoms with Gasteiger partial charge in [-0.2, -0.15) is 0 Å². The second-order valence-electron chi connectivity index (χ2n) is 4.30. The second kappa shape index (κ2) is 5.61. The molecular weight excluding hydrogens is 198 g/mol. The number of nitrogens with zero attached hydrogens (tertiary/aromatic N) is 1. The summed E-state index contributed by atoms with van der Waals surface area (Å²) in [6, 6.07) is 10.2. The number of Topliss-reactive ketones (excluding diaryl/α,β-unsaturated/α-hetero) is 1. The van der Waals surface area contributed by atoms with Crippen molar-refractivity contribution >= 4 is 5.78 Å². The molecule has 0 spiro atoms. The molecule has 0 saturated carbocycles. The van der Waals surface area contributed by atoms with Crippen LogP contribution in [0.2, 0.25) is 0 Å². The molecule has 0 aliphatic rings. The number of allylic oxidation sites excluding steroid dienone is 1. The first kappa shape index (κ1) is 12.7. The fourth-order valence-electron chi connectivity index (χ4n) is 1.62. The fourth-order valence-corrected chi connectivity index (χ4v) is 1.62. The lowest BCUT2D eigenvalue weighted by molar-refractivity contribution is -0.116. The summed E-state index contributed by atoms with van der Waals surface area (Å²) in [7, 11) is 3.98. The molecule has 2 nitrogen and oxygen atoms in total. The van der Waals surface area contributed by atoms with E-state index in [9.17, 15) is 4.79 Å². The van der Waals surface area contributed by atoms with E-state index in [4.69, 9.17) is 0 Å². The molecule has 0 bridgehead atoms. The summed E-state index contributed by atoms with van der Waals surface area (Å²) in [6.07, 6.45) is 0.492. The molecule has 2 heteroatoms. The Hall–Kier alpha value is -1.41. The van der Waals surface area contributed by atoms with E-state index in [1.807, 2.05) is 32.3 Å². The number of carbonyl (C=O) groups excluding carboxylic acids is 1. The number of ketones is 1. The smallest absolute Gasteiger partial charge is 0.159 e. The van der Waals surface area contributed by atoms with Gasteiger partial charge in [-0.3, -0.25) is 4.79 Å². The van der Waals surface area contributed by atoms with Crippen LogP contribution in [0, 0.1) is 0 Å². The number of rotatable bonds is 5. The van der Waals surface area contributed by atoms with Gasteiger partial charge in [-0.1, -0.05) is 36.9 Å². The first-order chi connectivity index (χ1) is 7.52. The Labute approximate surface area is 97.6 Å². The van der Waals surface area contributed by atoms with Crippen molar-refractivity contribution in [3.8, 4) is 0 Å². The lowest BCUT2D eigenvalue weighted by Gasteiger charge is -2.24. The maximum atomic E-state index is 11.7. The van der Waals surface area contributed by atoms with Crippen molar-refractivity contribution in [3.63, 3.8) is 0 Å². The highest BCUT2D eigenvalue weighted by molar-refractivity contribution is 5.94. The molecule has 1 rings (SSSR count). The van der Waals surface area contributed by atoms with Crippen LogP contribution < -0.4 is 0 Å². The standard InChI is InChI=1S/C14H19NO/c1-11(2)14(16)10-13(15(3)4)12-8-6-5-7-9-12/h5-9,13H,1,10H2,2-4H3. The van der Waals surface area contributed by atoms with Crippen molar-refractivity contribution in [1.29, 1.82) is 0 Å². The van der Waals surface area contributed by atoms with Crippen LogP contribution in [0.4, 0.5) is 0 Å². The molecule has 0 N–H and O–H groups in total. The molecule has 0 aromatic heterocycles. The highest BCUT2D eigenvalue weighted by atomic mass is 16.1. The lowest BCUT2D eigenvalue weighted by Crippen LogP contribution is -2.23. The van der Waals surface area contributed by atoms with Gasteiger partial charge in [0.05, 0.1) is 0 Å². The Kier molecular flexibility index (Phi) is 4.44. The summed E-state index contributed by atoms with van der Waals surface area (Å²) in [5.41, 5.74) is 1.80. The van der Waals surface area contributed by atoms with E-state index in [-0.39, 0.29) is 11.8 Å². The SMILES string of the molecule is C=C(C)C(=O)CC(c1ccccc1)N(C)C. The van der Waals surface area contributed by atoms with Gasteiger partial charge in [0.1, 0.15) is 0 Å². The number of hydrogen-bond donors (Lipinski definition) is 0. The average molecular weight is 217 g/mol. The van der Waals surface area contributed by atoms with Gasteiger partial charge in [0, 0.05) is 12.5 Å². The molecule has 16 heavy (non-hydrogen) atoms. The van der Waals surface area contributed by atoms with Gasteiger partial charge in [-0.15, -0.1) is 0 Å². The van der Waals surface area contributed by atoms with Gasteiger partial charge in [-0.05, 0) is 32.2 Å². The van der Waals surface area contributed by atoms with E-state index in [0.717, 1.165) is 0 Å². The summed E-state index contributed by atoms with van der Waals surface area (Å²) in [6.45, 7) is 5.46. The molecule has 0 fully saturated rings. The highest BCUT2D eigenvalue weighted by Gasteiger charge is 2.17. The monoisotopic (exact) mass is 217 g/mol. The predicted molar refractivity (Wildman–Crippen MR) is 67.3 cm³/mol. The normalized spacial score (nSPS) is 12.5. The van der Waals surface area contributed by atoms with E-state index in [1.165, 1.54) is 5.56 Å². The van der Waals surface area contributed by atoms with Crippen molar-refractivity contribution in [2.45, 2.75) is 19.4 Å². The van der Waals surface area contributed by atoms with Crippen molar-refractivity contribution in [3.05, 3.63) is 48.0 Å². The highest BCUT2D eigenvalue weighted by Crippen LogP contribution is 2.22. The number of hydrogen-bond acceptors (Lipinski definition) is 2. The molecule has 0 aliphatic heterocycles. The summed E-state index contributed by atoms with van der Waals surface area (Å²) in [4.78, 5) is 13.8. The zero-order valence-corrected chi connectivity index (χ0v) is 10.2. The molecule has 1 aromatic carbocycles. The van der Waals surface area contributed by atoms with E-state index in [2.05, 4.69) is 23.6 Å². The Morgan fingerprint density at radius 1 is 1.31 bits per heavy atom. The van der Waals surface area contributed by atoms with Gasteiger partial charge >= 0.3 is 0 Å². The van der Waals surface area contributed by atoms with Crippen LogP contribution in [0.1, 0.15) is 24.9 Å². The van der Waals surface area contributed by atoms with Crippen molar-refractivity contribution in [1.82, 2.24) is 4.90 Å². The van der Waals surface area contributed by atoms with Crippen molar-refractivity contribution in [2.75, 3.05) is 14.1 Å². The van der Waals surface area contributed by atoms with Crippen LogP contribution >= 0.6 is 0 Å². The molecule has 0 saturated heterocycles. The van der Waals surface area contributed by atoms with E-state index in [1.54, 1.807) is 6.92 Å². The summed E-state index contributed by atoms with van der Waals surface area (Å²) < 4.78 is 0. The summed E-state index contributed by atoms with van der Waals surface area (Å²) in [5, 5.41) is 0. The molecular formula is C14H19NO. The lowest BCUT2D eigenvalue weighted by atomic mass is 9.98. The van der Waals surface area contributed by atoms with Crippen LogP contribution in [-0.4, -0.2) is 24.8 Å². The summed E-state index contributed by atoms with van der Waals surface area (Å²) in [5.74, 6) is 0.127. The zero-order valence-electron chi connectivity index (χ0n) is 10.2. The Balaban J connectivity index is 2.85. The minimum absolute atomic E-state index is 0.127. The predicted octanol–water partition coefficient (Wildman–Crippen LogP) is 2.82. The number of carbonyl (C=O) groups is 1. The number of benzene rings is 1. The largest absolute Gasteiger partial charge is 0.302 e. The van der Waals surface area contributed by atoms with Gasteiger partial charge < -0.3 is 4.90 Å². The summed E-state index contributed by atoms with van der Waals surface area (Å²) >= 11 is 0. The second-order valence-corrected chi connectivity index (χ2v) is 4.30. The van der Waals surface area contributed by atoms with Gasteiger partial charge in [0.25, 0.3) is 0 Å². The van der Waals surface area contributed by atoms with Crippen molar-refractivity contribution < 1.29 is 4.79 Å². The molecule has 1 unspecified atom stereocenters. The van der Waals surface area contributed by atoms with Crippen molar-refractivity contribution in [2.24, 2.45) is 0 Å². The first-order valence-electron chi connectivity index (χ1n) is 5.42. The van der Waals surface area contributed by atoms with Crippen LogP contribution in [0.5, 0.6) is 0 Å². The minimum atomic E-state index is 0.127. The van der Waals surface area contributed by atoms with Crippen LogP contribution in [0.25, 0.3) is 0 Å². The third-order valence-corrected chi connectivity index (χ3v) is 2.66. The molecule has 1 aromatic rings. The Morgan fingerprint density at radius 2 is 1.88 bits per heavy atom. The quantitative estimate of drug-likeness (QED) is 0.707. The molecule has 0 aliphatic carbocycles. The fraction of sp³-hybridized carbons (Fsp3) is 0.357. The van der Waals surface area contributed by atoms with E-state index < -0.39 is 0 Å². The first-order valence-corrected chi connectivity index (χ1v) is 5.42. The topological polar surface area (TPSA) is 20.3 Å². The zero-order chi connectivity index (χ0) is 12.1. The molecule has 0 radical (unpaired) electrons. The van der Waals surface area contributed by atoms with Gasteiger partial charge in [0.2, 0.25) is 0 Å².